The molecule has 0 aromatic carbocycles. The van der Waals surface area contributed by atoms with Crippen LogP contribution in [0, 0.1) is 14.9 Å². The van der Waals surface area contributed by atoms with Gasteiger partial charge in [0.05, 0.1) is 11.3 Å². The van der Waals surface area contributed by atoms with Crippen LogP contribution in [-0.4, -0.2) is 4.98 Å². The van der Waals surface area contributed by atoms with Crippen LogP contribution >= 0.6 is 38.5 Å². The summed E-state index contributed by atoms with van der Waals surface area (Å²) < 4.78 is 1.80. The summed E-state index contributed by atoms with van der Waals surface area (Å²) in [4.78, 5) is 4.47. The minimum absolute atomic E-state index is 0.332. The van der Waals surface area contributed by atoms with E-state index in [1.165, 1.54) is 0 Å². The SMILES string of the molecule is CC(C)c1nc(Br)c(C#N)c(C(C)C)c1I. The van der Waals surface area contributed by atoms with Crippen molar-refractivity contribution in [3.63, 3.8) is 0 Å². The molecular weight excluding hydrogens is 379 g/mol. The molecule has 0 saturated carbocycles. The van der Waals surface area contributed by atoms with Crippen molar-refractivity contribution in [1.82, 2.24) is 4.98 Å². The van der Waals surface area contributed by atoms with E-state index in [0.29, 0.717) is 22.0 Å². The van der Waals surface area contributed by atoms with Gasteiger partial charge in [0.15, 0.2) is 0 Å². The third-order valence-electron chi connectivity index (χ3n) is 2.39. The molecule has 0 atom stereocenters. The first-order valence-electron chi connectivity index (χ1n) is 5.19. The Morgan fingerprint density at radius 3 is 2.19 bits per heavy atom. The van der Waals surface area contributed by atoms with Gasteiger partial charge >= 0.3 is 0 Å². The van der Waals surface area contributed by atoms with Crippen molar-refractivity contribution in [3.05, 3.63) is 25.0 Å². The normalized spacial score (nSPS) is 10.9. The van der Waals surface area contributed by atoms with Gasteiger partial charge in [-0.25, -0.2) is 4.98 Å². The average molecular weight is 393 g/mol. The molecule has 0 unspecified atom stereocenters. The van der Waals surface area contributed by atoms with Crippen LogP contribution in [0.3, 0.4) is 0 Å². The lowest BCUT2D eigenvalue weighted by Gasteiger charge is -2.17. The predicted octanol–water partition coefficient (Wildman–Crippen LogP) is 4.57. The van der Waals surface area contributed by atoms with Gasteiger partial charge < -0.3 is 0 Å². The van der Waals surface area contributed by atoms with Gasteiger partial charge in [0.2, 0.25) is 0 Å². The van der Waals surface area contributed by atoms with E-state index in [0.717, 1.165) is 14.8 Å². The summed E-state index contributed by atoms with van der Waals surface area (Å²) in [5.41, 5.74) is 2.84. The second-order valence-electron chi connectivity index (χ2n) is 4.31. The molecule has 4 heteroatoms. The molecule has 1 aromatic rings. The van der Waals surface area contributed by atoms with Crippen LogP contribution < -0.4 is 0 Å². The molecule has 0 radical (unpaired) electrons. The molecule has 0 spiro atoms. The van der Waals surface area contributed by atoms with Crippen molar-refractivity contribution < 1.29 is 0 Å². The van der Waals surface area contributed by atoms with E-state index in [4.69, 9.17) is 0 Å². The molecule has 0 N–H and O–H groups in total. The highest BCUT2D eigenvalue weighted by Gasteiger charge is 2.20. The van der Waals surface area contributed by atoms with Gasteiger partial charge in [-0.05, 0) is 55.9 Å². The Labute approximate surface area is 119 Å². The van der Waals surface area contributed by atoms with Gasteiger partial charge in [-0.3, -0.25) is 0 Å². The number of aromatic nitrogens is 1. The molecule has 0 saturated heterocycles. The van der Waals surface area contributed by atoms with Crippen molar-refractivity contribution in [2.75, 3.05) is 0 Å². The largest absolute Gasteiger partial charge is 0.243 e. The summed E-state index contributed by atoms with van der Waals surface area (Å²) >= 11 is 5.69. The predicted molar refractivity (Wildman–Crippen MR) is 77.5 cm³/mol. The zero-order chi connectivity index (χ0) is 12.5. The van der Waals surface area contributed by atoms with E-state index in [9.17, 15) is 5.26 Å². The van der Waals surface area contributed by atoms with Gasteiger partial charge in [-0.2, -0.15) is 5.26 Å². The Balaban J connectivity index is 3.61. The zero-order valence-electron chi connectivity index (χ0n) is 9.81. The molecule has 0 amide bonds. The molecule has 1 rings (SSSR count). The van der Waals surface area contributed by atoms with Crippen LogP contribution in [-0.2, 0) is 0 Å². The monoisotopic (exact) mass is 392 g/mol. The number of hydrogen-bond acceptors (Lipinski definition) is 2. The lowest BCUT2D eigenvalue weighted by Crippen LogP contribution is -2.07. The van der Waals surface area contributed by atoms with Gasteiger partial charge in [0.25, 0.3) is 0 Å². The summed E-state index contributed by atoms with van der Waals surface area (Å²) in [6.45, 7) is 8.45. The minimum Gasteiger partial charge on any atom is -0.243 e. The Bertz CT molecular complexity index is 447. The Hall–Kier alpha value is -0.150. The van der Waals surface area contributed by atoms with Crippen LogP contribution in [0.1, 0.15) is 56.4 Å². The van der Waals surface area contributed by atoms with Crippen LogP contribution in [0.4, 0.5) is 0 Å². The first kappa shape index (κ1) is 13.9. The summed E-state index contributed by atoms with van der Waals surface area (Å²) in [6.07, 6.45) is 0. The fraction of sp³-hybridized carbons (Fsp3) is 0.500. The van der Waals surface area contributed by atoms with Crippen LogP contribution in [0.5, 0.6) is 0 Å². The van der Waals surface area contributed by atoms with Crippen molar-refractivity contribution in [2.45, 2.75) is 39.5 Å². The van der Waals surface area contributed by atoms with E-state index in [-0.39, 0.29) is 0 Å². The summed E-state index contributed by atoms with van der Waals surface area (Å²) in [5, 5.41) is 9.18. The molecule has 1 heterocycles. The molecule has 2 nitrogen and oxygen atoms in total. The highest BCUT2D eigenvalue weighted by atomic mass is 127. The van der Waals surface area contributed by atoms with Crippen molar-refractivity contribution >= 4 is 38.5 Å². The number of nitrogens with zero attached hydrogens (tertiary/aromatic N) is 2. The number of pyridine rings is 1. The van der Waals surface area contributed by atoms with E-state index < -0.39 is 0 Å². The topological polar surface area (TPSA) is 36.7 Å². The van der Waals surface area contributed by atoms with Gasteiger partial charge in [-0.1, -0.05) is 27.7 Å². The molecule has 0 fully saturated rings. The molecule has 1 aromatic heterocycles. The maximum atomic E-state index is 9.18. The number of rotatable bonds is 2. The van der Waals surface area contributed by atoms with Crippen LogP contribution in [0.2, 0.25) is 0 Å². The maximum absolute atomic E-state index is 9.18. The van der Waals surface area contributed by atoms with Crippen LogP contribution in [0.25, 0.3) is 0 Å². The van der Waals surface area contributed by atoms with Crippen molar-refractivity contribution in [1.29, 1.82) is 5.26 Å². The standard InChI is InChI=1S/C12H14BrIN2/c1-6(2)9-8(5-15)12(13)16-11(7(3)4)10(9)14/h6-7H,1-4H3. The van der Waals surface area contributed by atoms with E-state index in [2.05, 4.69) is 77.3 Å². The molecular formula is C12H14BrIN2. The van der Waals surface area contributed by atoms with E-state index >= 15 is 0 Å². The Kier molecular flexibility index (Phi) is 4.74. The Morgan fingerprint density at radius 2 is 1.81 bits per heavy atom. The van der Waals surface area contributed by atoms with Gasteiger partial charge in [0, 0.05) is 3.57 Å². The highest BCUT2D eigenvalue weighted by molar-refractivity contribution is 14.1. The van der Waals surface area contributed by atoms with E-state index in [1.54, 1.807) is 0 Å². The second-order valence-corrected chi connectivity index (χ2v) is 6.14. The zero-order valence-corrected chi connectivity index (χ0v) is 13.5. The van der Waals surface area contributed by atoms with Crippen LogP contribution in [0.15, 0.2) is 4.60 Å². The summed E-state index contributed by atoms with van der Waals surface area (Å²) in [7, 11) is 0. The molecule has 0 aliphatic rings. The third-order valence-corrected chi connectivity index (χ3v) is 4.10. The quantitative estimate of drug-likeness (QED) is 0.546. The Morgan fingerprint density at radius 1 is 1.25 bits per heavy atom. The summed E-state index contributed by atoms with van der Waals surface area (Å²) in [6, 6.07) is 2.24. The average Bonchev–Trinajstić information content (AvgIpc) is 2.19. The maximum Gasteiger partial charge on any atom is 0.124 e. The first-order chi connectivity index (χ1) is 7.40. The minimum atomic E-state index is 0.332. The van der Waals surface area contributed by atoms with Crippen molar-refractivity contribution in [3.8, 4) is 6.07 Å². The second kappa shape index (κ2) is 5.46. The lowest BCUT2D eigenvalue weighted by molar-refractivity contribution is 0.780. The molecule has 16 heavy (non-hydrogen) atoms. The molecule has 0 aliphatic carbocycles. The highest BCUT2D eigenvalue weighted by Crippen LogP contribution is 2.33. The third kappa shape index (κ3) is 2.57. The molecule has 0 aliphatic heterocycles. The number of nitriles is 1. The van der Waals surface area contributed by atoms with E-state index in [1.807, 2.05) is 0 Å². The lowest BCUT2D eigenvalue weighted by atomic mass is 9.96. The smallest absolute Gasteiger partial charge is 0.124 e. The number of hydrogen-bond donors (Lipinski definition) is 0. The fourth-order valence-electron chi connectivity index (χ4n) is 1.60. The first-order valence-corrected chi connectivity index (χ1v) is 7.06. The van der Waals surface area contributed by atoms with Crippen molar-refractivity contribution in [2.24, 2.45) is 0 Å². The molecule has 0 bridgehead atoms. The van der Waals surface area contributed by atoms with Gasteiger partial charge in [0.1, 0.15) is 10.7 Å². The molecule has 86 valence electrons. The fourth-order valence-corrected chi connectivity index (χ4v) is 3.73. The van der Waals surface area contributed by atoms with Gasteiger partial charge in [-0.15, -0.1) is 0 Å². The summed E-state index contributed by atoms with van der Waals surface area (Å²) in [5.74, 6) is 0.701. The number of halogens is 2.